The minimum Gasteiger partial charge on any atom is -0.451 e. The summed E-state index contributed by atoms with van der Waals surface area (Å²) < 4.78 is 6.93. The quantitative estimate of drug-likeness (QED) is 0.278. The van der Waals surface area contributed by atoms with E-state index in [2.05, 4.69) is 15.6 Å². The summed E-state index contributed by atoms with van der Waals surface area (Å²) in [5.74, 6) is -1.64. The van der Waals surface area contributed by atoms with E-state index in [9.17, 15) is 14.4 Å². The molecular weight excluding hydrogens is 464 g/mol. The van der Waals surface area contributed by atoms with Crippen LogP contribution in [0.3, 0.4) is 0 Å². The maximum absolute atomic E-state index is 12.8. The van der Waals surface area contributed by atoms with Crippen molar-refractivity contribution in [2.24, 2.45) is 0 Å². The smallest absolute Gasteiger partial charge is 0.357 e. The van der Waals surface area contributed by atoms with Crippen LogP contribution in [0.25, 0.3) is 5.69 Å². The zero-order chi connectivity index (χ0) is 24.6. The summed E-state index contributed by atoms with van der Waals surface area (Å²) >= 11 is 1.39. The molecule has 3 aromatic carbocycles. The third-order valence-corrected chi connectivity index (χ3v) is 5.60. The molecule has 4 aromatic rings. The second-order valence-electron chi connectivity index (χ2n) is 7.29. The SMILES string of the molecule is CSc1ncc(C(=O)OCC(=O)Nc2ccccc2C(=O)Nc2ccccc2)n1-c1ccccc1. The summed E-state index contributed by atoms with van der Waals surface area (Å²) in [5, 5.41) is 6.05. The number of para-hydroxylation sites is 3. The average Bonchev–Trinajstić information content (AvgIpc) is 3.33. The molecule has 4 rings (SSSR count). The van der Waals surface area contributed by atoms with E-state index < -0.39 is 18.5 Å². The number of nitrogens with one attached hydrogen (secondary N) is 2. The number of imidazole rings is 1. The summed E-state index contributed by atoms with van der Waals surface area (Å²) in [4.78, 5) is 42.3. The van der Waals surface area contributed by atoms with Crippen LogP contribution >= 0.6 is 11.8 Å². The molecule has 9 heteroatoms. The summed E-state index contributed by atoms with van der Waals surface area (Å²) in [5.41, 5.74) is 2.18. The van der Waals surface area contributed by atoms with Gasteiger partial charge in [0.2, 0.25) is 0 Å². The number of nitrogens with zero attached hydrogens (tertiary/aromatic N) is 2. The van der Waals surface area contributed by atoms with Gasteiger partial charge in [-0.2, -0.15) is 0 Å². The van der Waals surface area contributed by atoms with Crippen molar-refractivity contribution >= 4 is 40.9 Å². The molecule has 0 fully saturated rings. The van der Waals surface area contributed by atoms with E-state index in [4.69, 9.17) is 4.74 Å². The predicted molar refractivity (Wildman–Crippen MR) is 135 cm³/mol. The highest BCUT2D eigenvalue weighted by molar-refractivity contribution is 7.98. The molecule has 0 atom stereocenters. The fraction of sp³-hybridized carbons (Fsp3) is 0.0769. The Hall–Kier alpha value is -4.37. The molecule has 2 N–H and O–H groups in total. The van der Waals surface area contributed by atoms with Gasteiger partial charge in [-0.1, -0.05) is 60.3 Å². The number of hydrogen-bond acceptors (Lipinski definition) is 6. The van der Waals surface area contributed by atoms with Gasteiger partial charge in [0.1, 0.15) is 0 Å². The maximum Gasteiger partial charge on any atom is 0.357 e. The molecule has 0 aliphatic heterocycles. The van der Waals surface area contributed by atoms with Crippen molar-refractivity contribution in [2.45, 2.75) is 5.16 Å². The molecule has 0 radical (unpaired) electrons. The van der Waals surface area contributed by atoms with Crippen LogP contribution in [0, 0.1) is 0 Å². The van der Waals surface area contributed by atoms with Gasteiger partial charge < -0.3 is 15.4 Å². The third-order valence-electron chi connectivity index (χ3n) is 4.95. The molecule has 8 nitrogen and oxygen atoms in total. The standard InChI is InChI=1S/C26H22N4O4S/c1-35-26-27-16-22(30(26)19-12-6-3-7-13-19)25(33)34-17-23(31)29-21-15-9-8-14-20(21)24(32)28-18-10-4-2-5-11-18/h2-16H,17H2,1H3,(H,28,32)(H,29,31). The predicted octanol–water partition coefficient (Wildman–Crippen LogP) is 4.64. The van der Waals surface area contributed by atoms with Crippen LogP contribution < -0.4 is 10.6 Å². The van der Waals surface area contributed by atoms with Gasteiger partial charge in [-0.05, 0) is 42.7 Å². The van der Waals surface area contributed by atoms with Crippen molar-refractivity contribution in [3.8, 4) is 5.69 Å². The van der Waals surface area contributed by atoms with Gasteiger partial charge in [-0.3, -0.25) is 14.2 Å². The summed E-state index contributed by atoms with van der Waals surface area (Å²) in [6.07, 6.45) is 3.28. The van der Waals surface area contributed by atoms with Gasteiger partial charge in [-0.15, -0.1) is 0 Å². The van der Waals surface area contributed by atoms with Crippen LogP contribution in [-0.4, -0.2) is 40.2 Å². The number of anilines is 2. The highest BCUT2D eigenvalue weighted by Crippen LogP contribution is 2.22. The van der Waals surface area contributed by atoms with Gasteiger partial charge in [0, 0.05) is 11.4 Å². The topological polar surface area (TPSA) is 102 Å². The van der Waals surface area contributed by atoms with Gasteiger partial charge in [0.25, 0.3) is 11.8 Å². The molecule has 0 bridgehead atoms. The lowest BCUT2D eigenvalue weighted by Gasteiger charge is -2.12. The fourth-order valence-corrected chi connectivity index (χ4v) is 3.90. The van der Waals surface area contributed by atoms with E-state index in [-0.39, 0.29) is 17.2 Å². The Morgan fingerprint density at radius 1 is 0.886 bits per heavy atom. The number of benzene rings is 3. The second-order valence-corrected chi connectivity index (χ2v) is 8.06. The second kappa shape index (κ2) is 11.2. The molecule has 0 spiro atoms. The van der Waals surface area contributed by atoms with Crippen LogP contribution in [0.15, 0.2) is 96.3 Å². The van der Waals surface area contributed by atoms with Crippen molar-refractivity contribution < 1.29 is 19.1 Å². The molecule has 0 saturated carbocycles. The summed E-state index contributed by atoms with van der Waals surface area (Å²) in [7, 11) is 0. The van der Waals surface area contributed by atoms with Gasteiger partial charge in [-0.25, -0.2) is 9.78 Å². The van der Waals surface area contributed by atoms with E-state index in [0.717, 1.165) is 5.69 Å². The average molecular weight is 487 g/mol. The Labute approximate surface area is 206 Å². The minimum atomic E-state index is -0.688. The van der Waals surface area contributed by atoms with E-state index in [1.54, 1.807) is 41.0 Å². The first-order chi connectivity index (χ1) is 17.1. The Balaban J connectivity index is 1.42. The molecule has 176 valence electrons. The normalized spacial score (nSPS) is 10.4. The van der Waals surface area contributed by atoms with E-state index in [1.807, 2.05) is 54.8 Å². The number of thioether (sulfide) groups is 1. The van der Waals surface area contributed by atoms with Gasteiger partial charge >= 0.3 is 5.97 Å². The van der Waals surface area contributed by atoms with E-state index in [0.29, 0.717) is 16.5 Å². The van der Waals surface area contributed by atoms with Crippen molar-refractivity contribution in [1.29, 1.82) is 0 Å². The Morgan fingerprint density at radius 3 is 2.26 bits per heavy atom. The van der Waals surface area contributed by atoms with E-state index in [1.165, 1.54) is 18.0 Å². The van der Waals surface area contributed by atoms with Crippen molar-refractivity contribution in [2.75, 3.05) is 23.5 Å². The summed E-state index contributed by atoms with van der Waals surface area (Å²) in [6.45, 7) is -0.526. The van der Waals surface area contributed by atoms with Crippen LogP contribution in [0.5, 0.6) is 0 Å². The number of carbonyl (C=O) groups is 3. The minimum absolute atomic E-state index is 0.205. The van der Waals surface area contributed by atoms with Crippen LogP contribution in [0.4, 0.5) is 11.4 Å². The number of carbonyl (C=O) groups excluding carboxylic acids is 3. The molecule has 1 heterocycles. The lowest BCUT2D eigenvalue weighted by molar-refractivity contribution is -0.119. The molecule has 0 aliphatic carbocycles. The van der Waals surface area contributed by atoms with E-state index >= 15 is 0 Å². The fourth-order valence-electron chi connectivity index (χ4n) is 3.35. The highest BCUT2D eigenvalue weighted by atomic mass is 32.2. The Morgan fingerprint density at radius 2 is 1.54 bits per heavy atom. The van der Waals surface area contributed by atoms with Crippen molar-refractivity contribution in [3.05, 3.63) is 102 Å². The lowest BCUT2D eigenvalue weighted by atomic mass is 10.1. The Bertz CT molecular complexity index is 1340. The first-order valence-corrected chi connectivity index (χ1v) is 11.9. The molecule has 35 heavy (non-hydrogen) atoms. The first kappa shape index (κ1) is 23.8. The zero-order valence-corrected chi connectivity index (χ0v) is 19.6. The first-order valence-electron chi connectivity index (χ1n) is 10.7. The molecule has 1 aromatic heterocycles. The van der Waals surface area contributed by atoms with Crippen LogP contribution in [-0.2, 0) is 9.53 Å². The number of rotatable bonds is 8. The molecular formula is C26H22N4O4S. The zero-order valence-electron chi connectivity index (χ0n) is 18.8. The van der Waals surface area contributed by atoms with Crippen LogP contribution in [0.1, 0.15) is 20.8 Å². The van der Waals surface area contributed by atoms with Gasteiger partial charge in [0.05, 0.1) is 17.4 Å². The largest absolute Gasteiger partial charge is 0.451 e. The molecule has 0 saturated heterocycles. The number of esters is 1. The number of aromatic nitrogens is 2. The Kier molecular flexibility index (Phi) is 7.59. The van der Waals surface area contributed by atoms with Crippen molar-refractivity contribution in [1.82, 2.24) is 9.55 Å². The lowest BCUT2D eigenvalue weighted by Crippen LogP contribution is -2.24. The third kappa shape index (κ3) is 5.77. The van der Waals surface area contributed by atoms with Crippen molar-refractivity contribution in [3.63, 3.8) is 0 Å². The maximum atomic E-state index is 12.8. The number of amides is 2. The molecule has 2 amide bonds. The summed E-state index contributed by atoms with van der Waals surface area (Å²) in [6, 6.07) is 24.9. The van der Waals surface area contributed by atoms with Crippen LogP contribution in [0.2, 0.25) is 0 Å². The monoisotopic (exact) mass is 486 g/mol. The van der Waals surface area contributed by atoms with Gasteiger partial charge in [0.15, 0.2) is 17.5 Å². The number of hydrogen-bond donors (Lipinski definition) is 2. The highest BCUT2D eigenvalue weighted by Gasteiger charge is 2.20. The molecule has 0 unspecified atom stereocenters. The molecule has 0 aliphatic rings. The number of ether oxygens (including phenoxy) is 1.